The molecule has 1 atom stereocenters. The van der Waals surface area contributed by atoms with Gasteiger partial charge in [-0.05, 0) is 31.8 Å². The zero-order chi connectivity index (χ0) is 20.6. The van der Waals surface area contributed by atoms with Crippen LogP contribution in [0.1, 0.15) is 17.3 Å². The minimum atomic E-state index is 0.218. The van der Waals surface area contributed by atoms with Crippen molar-refractivity contribution in [2.75, 3.05) is 61.0 Å². The van der Waals surface area contributed by atoms with Crippen LogP contribution >= 0.6 is 0 Å². The third-order valence-corrected chi connectivity index (χ3v) is 5.32. The third kappa shape index (κ3) is 5.71. The molecule has 0 aliphatic carbocycles. The lowest BCUT2D eigenvalue weighted by atomic mass is 10.1. The number of hydrogen-bond donors (Lipinski definition) is 1. The molecular formula is C21H32N6O2. The molecule has 2 aromatic rings. The normalized spacial score (nSPS) is 16.9. The van der Waals surface area contributed by atoms with E-state index in [9.17, 15) is 0 Å². The van der Waals surface area contributed by atoms with Gasteiger partial charge < -0.3 is 24.4 Å². The van der Waals surface area contributed by atoms with E-state index in [0.717, 1.165) is 56.7 Å². The molecular weight excluding hydrogens is 368 g/mol. The number of hydrogen-bond acceptors (Lipinski definition) is 6. The highest BCUT2D eigenvalue weighted by Gasteiger charge is 2.22. The molecule has 0 saturated carbocycles. The van der Waals surface area contributed by atoms with Crippen LogP contribution in [0.25, 0.3) is 0 Å². The molecule has 0 radical (unpaired) electrons. The molecule has 3 rings (SSSR count). The molecule has 1 aromatic carbocycles. The smallest absolute Gasteiger partial charge is 0.193 e. The van der Waals surface area contributed by atoms with E-state index in [0.29, 0.717) is 0 Å². The van der Waals surface area contributed by atoms with Crippen LogP contribution in [-0.4, -0.2) is 86.8 Å². The number of aromatic nitrogens is 1. The molecule has 0 bridgehead atoms. The van der Waals surface area contributed by atoms with E-state index in [2.05, 4.69) is 56.4 Å². The van der Waals surface area contributed by atoms with E-state index in [1.807, 2.05) is 25.2 Å². The second-order valence-corrected chi connectivity index (χ2v) is 7.44. The second-order valence-electron chi connectivity index (χ2n) is 7.44. The van der Waals surface area contributed by atoms with E-state index < -0.39 is 0 Å². The molecule has 1 aliphatic heterocycles. The van der Waals surface area contributed by atoms with E-state index in [1.54, 1.807) is 13.4 Å². The van der Waals surface area contributed by atoms with E-state index in [4.69, 9.17) is 9.26 Å². The summed E-state index contributed by atoms with van der Waals surface area (Å²) in [6, 6.07) is 10.4. The number of ether oxygens (including phenoxy) is 1. The molecule has 1 N–H and O–H groups in total. The van der Waals surface area contributed by atoms with Crippen molar-refractivity contribution in [2.24, 2.45) is 4.99 Å². The molecule has 29 heavy (non-hydrogen) atoms. The van der Waals surface area contributed by atoms with E-state index in [1.165, 1.54) is 5.56 Å². The molecule has 1 aromatic heterocycles. The summed E-state index contributed by atoms with van der Waals surface area (Å²) in [5.41, 5.74) is 2.20. The van der Waals surface area contributed by atoms with Gasteiger partial charge in [0.2, 0.25) is 0 Å². The van der Waals surface area contributed by atoms with Crippen LogP contribution in [0.3, 0.4) is 0 Å². The Hall–Kier alpha value is -2.58. The van der Waals surface area contributed by atoms with Gasteiger partial charge in [-0.15, -0.1) is 0 Å². The Labute approximate surface area is 173 Å². The fourth-order valence-electron chi connectivity index (χ4n) is 3.63. The second kappa shape index (κ2) is 10.3. The number of rotatable bonds is 7. The van der Waals surface area contributed by atoms with Crippen molar-refractivity contribution in [1.29, 1.82) is 0 Å². The van der Waals surface area contributed by atoms with Crippen molar-refractivity contribution in [3.63, 3.8) is 0 Å². The molecule has 8 heteroatoms. The van der Waals surface area contributed by atoms with Crippen molar-refractivity contribution >= 4 is 5.96 Å². The minimum Gasteiger partial charge on any atom is -0.497 e. The van der Waals surface area contributed by atoms with Gasteiger partial charge in [0, 0.05) is 52.4 Å². The lowest BCUT2D eigenvalue weighted by Gasteiger charge is -2.37. The van der Waals surface area contributed by atoms with Gasteiger partial charge in [0.15, 0.2) is 5.96 Å². The highest BCUT2D eigenvalue weighted by Crippen LogP contribution is 2.22. The molecule has 2 heterocycles. The lowest BCUT2D eigenvalue weighted by molar-refractivity contribution is 0.168. The van der Waals surface area contributed by atoms with Gasteiger partial charge in [0.1, 0.15) is 12.0 Å². The molecule has 1 saturated heterocycles. The molecule has 0 spiro atoms. The minimum absolute atomic E-state index is 0.218. The fourth-order valence-corrected chi connectivity index (χ4v) is 3.63. The van der Waals surface area contributed by atoms with Gasteiger partial charge in [-0.25, -0.2) is 0 Å². The lowest BCUT2D eigenvalue weighted by Crippen LogP contribution is -2.53. The van der Waals surface area contributed by atoms with Crippen LogP contribution in [0.4, 0.5) is 0 Å². The monoisotopic (exact) mass is 400 g/mol. The number of likely N-dealkylation sites (N-methyl/N-ethyl adjacent to an activating group) is 1. The first-order valence-electron chi connectivity index (χ1n) is 9.98. The van der Waals surface area contributed by atoms with Crippen molar-refractivity contribution in [3.8, 4) is 5.75 Å². The van der Waals surface area contributed by atoms with Gasteiger partial charge in [-0.2, -0.15) is 0 Å². The number of piperazine rings is 1. The Morgan fingerprint density at radius 3 is 2.69 bits per heavy atom. The summed E-state index contributed by atoms with van der Waals surface area (Å²) in [6.45, 7) is 5.41. The fraction of sp³-hybridized carbons (Fsp3) is 0.524. The molecule has 1 fully saturated rings. The highest BCUT2D eigenvalue weighted by molar-refractivity contribution is 5.80. The Bertz CT molecular complexity index is 769. The zero-order valence-electron chi connectivity index (χ0n) is 17.8. The number of methoxy groups -OCH3 is 1. The number of aliphatic imine (C=N–C) groups is 1. The number of guanidine groups is 1. The van der Waals surface area contributed by atoms with Crippen molar-refractivity contribution in [2.45, 2.75) is 12.6 Å². The van der Waals surface area contributed by atoms with E-state index in [-0.39, 0.29) is 6.04 Å². The predicted molar refractivity (Wildman–Crippen MR) is 114 cm³/mol. The van der Waals surface area contributed by atoms with Crippen LogP contribution in [0.5, 0.6) is 5.75 Å². The molecule has 1 aliphatic rings. The van der Waals surface area contributed by atoms with Crippen LogP contribution in [0.2, 0.25) is 0 Å². The molecule has 1 unspecified atom stereocenters. The van der Waals surface area contributed by atoms with Crippen LogP contribution < -0.4 is 10.1 Å². The van der Waals surface area contributed by atoms with Crippen LogP contribution in [0.15, 0.2) is 46.1 Å². The average Bonchev–Trinajstić information content (AvgIpc) is 3.25. The summed E-state index contributed by atoms with van der Waals surface area (Å²) in [5, 5.41) is 7.57. The largest absolute Gasteiger partial charge is 0.497 e. The maximum atomic E-state index is 5.39. The SMILES string of the molecule is CN=C(NCC(c1cccc(OC)c1)N(C)C)N1CCN(Cc2ccon2)CC1. The van der Waals surface area contributed by atoms with Crippen LogP contribution in [0, 0.1) is 0 Å². The topological polar surface area (TPSA) is 69.4 Å². The summed E-state index contributed by atoms with van der Waals surface area (Å²) >= 11 is 0. The van der Waals surface area contributed by atoms with Gasteiger partial charge in [0.25, 0.3) is 0 Å². The summed E-state index contributed by atoms with van der Waals surface area (Å²) in [6.07, 6.45) is 1.63. The first-order valence-corrected chi connectivity index (χ1v) is 9.98. The summed E-state index contributed by atoms with van der Waals surface area (Å²) in [4.78, 5) is 11.4. The molecule has 8 nitrogen and oxygen atoms in total. The first kappa shape index (κ1) is 21.1. The number of nitrogens with one attached hydrogen (secondary N) is 1. The Morgan fingerprint density at radius 1 is 1.28 bits per heavy atom. The van der Waals surface area contributed by atoms with Crippen molar-refractivity contribution in [3.05, 3.63) is 47.9 Å². The third-order valence-electron chi connectivity index (χ3n) is 5.32. The molecule has 158 valence electrons. The highest BCUT2D eigenvalue weighted by atomic mass is 16.5. The average molecular weight is 401 g/mol. The number of benzene rings is 1. The summed E-state index contributed by atoms with van der Waals surface area (Å²) in [7, 11) is 7.74. The zero-order valence-corrected chi connectivity index (χ0v) is 17.8. The van der Waals surface area contributed by atoms with E-state index >= 15 is 0 Å². The van der Waals surface area contributed by atoms with Crippen molar-refractivity contribution in [1.82, 2.24) is 25.2 Å². The maximum Gasteiger partial charge on any atom is 0.193 e. The van der Waals surface area contributed by atoms with Gasteiger partial charge in [-0.1, -0.05) is 17.3 Å². The quantitative estimate of drug-likeness (QED) is 0.560. The van der Waals surface area contributed by atoms with Gasteiger partial charge in [-0.3, -0.25) is 9.89 Å². The Kier molecular flexibility index (Phi) is 7.48. The Morgan fingerprint density at radius 2 is 2.07 bits per heavy atom. The maximum absolute atomic E-state index is 5.39. The van der Waals surface area contributed by atoms with Gasteiger partial charge >= 0.3 is 0 Å². The van der Waals surface area contributed by atoms with Crippen molar-refractivity contribution < 1.29 is 9.26 Å². The molecule has 0 amide bonds. The first-order chi connectivity index (χ1) is 14.1. The van der Waals surface area contributed by atoms with Crippen LogP contribution in [-0.2, 0) is 6.54 Å². The predicted octanol–water partition coefficient (Wildman–Crippen LogP) is 1.68. The number of nitrogens with zero attached hydrogens (tertiary/aromatic N) is 5. The standard InChI is InChI=1S/C21H32N6O2/c1-22-21(27-11-9-26(10-12-27)16-18-8-13-29-24-18)23-15-20(25(2)3)17-6-5-7-19(14-17)28-4/h5-8,13-14,20H,9-12,15-16H2,1-4H3,(H,22,23). The summed E-state index contributed by atoms with van der Waals surface area (Å²) in [5.74, 6) is 1.82. The Balaban J connectivity index is 1.55. The van der Waals surface area contributed by atoms with Gasteiger partial charge in [0.05, 0.1) is 18.8 Å². The summed E-state index contributed by atoms with van der Waals surface area (Å²) < 4.78 is 10.3.